The smallest absolute Gasteiger partial charge is 0.231 e. The van der Waals surface area contributed by atoms with E-state index in [0.29, 0.717) is 13.4 Å². The number of hydrogen-bond donors (Lipinski definition) is 0. The number of fused-ring (bicyclic) bond motifs is 1. The highest BCUT2D eigenvalue weighted by Crippen LogP contribution is 2.32. The molecule has 0 radical (unpaired) electrons. The van der Waals surface area contributed by atoms with Gasteiger partial charge in [-0.3, -0.25) is 9.80 Å². The van der Waals surface area contributed by atoms with Gasteiger partial charge < -0.3 is 18.8 Å². The van der Waals surface area contributed by atoms with Gasteiger partial charge in [0, 0.05) is 58.8 Å². The summed E-state index contributed by atoms with van der Waals surface area (Å²) in [5.41, 5.74) is 1.28. The van der Waals surface area contributed by atoms with E-state index in [9.17, 15) is 0 Å². The maximum Gasteiger partial charge on any atom is 0.231 e. The van der Waals surface area contributed by atoms with Crippen molar-refractivity contribution in [2.45, 2.75) is 19.6 Å². The first-order valence-electron chi connectivity index (χ1n) is 9.14. The van der Waals surface area contributed by atoms with Gasteiger partial charge in [-0.05, 0) is 17.7 Å². The second-order valence-electron chi connectivity index (χ2n) is 6.77. The van der Waals surface area contributed by atoms with Crippen molar-refractivity contribution in [3.63, 3.8) is 0 Å². The molecule has 0 amide bonds. The molecule has 2 aliphatic rings. The van der Waals surface area contributed by atoms with Crippen LogP contribution in [0.1, 0.15) is 11.4 Å². The van der Waals surface area contributed by atoms with E-state index in [2.05, 4.69) is 31.5 Å². The van der Waals surface area contributed by atoms with E-state index < -0.39 is 0 Å². The van der Waals surface area contributed by atoms with Gasteiger partial charge in [0.1, 0.15) is 5.82 Å². The fourth-order valence-electron chi connectivity index (χ4n) is 3.49. The number of imidazole rings is 1. The average Bonchev–Trinajstić information content (AvgIpc) is 3.30. The van der Waals surface area contributed by atoms with Crippen LogP contribution in [0.25, 0.3) is 0 Å². The van der Waals surface area contributed by atoms with Gasteiger partial charge in [0.05, 0.1) is 13.2 Å². The second kappa shape index (κ2) is 8.07. The summed E-state index contributed by atoms with van der Waals surface area (Å²) in [6, 6.07) is 6.24. The quantitative estimate of drug-likeness (QED) is 0.749. The summed E-state index contributed by atoms with van der Waals surface area (Å²) >= 11 is 0. The van der Waals surface area contributed by atoms with Crippen molar-refractivity contribution < 1.29 is 14.2 Å². The molecule has 140 valence electrons. The van der Waals surface area contributed by atoms with Gasteiger partial charge in [0.2, 0.25) is 6.79 Å². The van der Waals surface area contributed by atoms with E-state index in [1.807, 2.05) is 18.5 Å². The number of benzene rings is 1. The van der Waals surface area contributed by atoms with Crippen LogP contribution in [0.15, 0.2) is 30.6 Å². The lowest BCUT2D eigenvalue weighted by molar-refractivity contribution is 0.118. The molecule has 0 unspecified atom stereocenters. The van der Waals surface area contributed by atoms with Crippen molar-refractivity contribution in [3.05, 3.63) is 42.0 Å². The minimum Gasteiger partial charge on any atom is -0.454 e. The number of hydrogen-bond acceptors (Lipinski definition) is 6. The summed E-state index contributed by atoms with van der Waals surface area (Å²) in [6.07, 6.45) is 3.91. The summed E-state index contributed by atoms with van der Waals surface area (Å²) in [7, 11) is 1.73. The minimum absolute atomic E-state index is 0.331. The van der Waals surface area contributed by atoms with Crippen LogP contribution in [-0.4, -0.2) is 66.0 Å². The molecule has 1 saturated heterocycles. The van der Waals surface area contributed by atoms with Crippen molar-refractivity contribution in [2.24, 2.45) is 0 Å². The Labute approximate surface area is 154 Å². The molecular formula is C19H26N4O3. The monoisotopic (exact) mass is 358 g/mol. The zero-order chi connectivity index (χ0) is 17.8. The molecule has 3 heterocycles. The molecule has 0 atom stereocenters. The Hall–Kier alpha value is -2.09. The van der Waals surface area contributed by atoms with E-state index in [1.165, 1.54) is 5.56 Å². The second-order valence-corrected chi connectivity index (χ2v) is 6.77. The molecular weight excluding hydrogens is 332 g/mol. The summed E-state index contributed by atoms with van der Waals surface area (Å²) < 4.78 is 18.2. The van der Waals surface area contributed by atoms with Gasteiger partial charge in [-0.1, -0.05) is 6.07 Å². The van der Waals surface area contributed by atoms with Gasteiger partial charge in [-0.15, -0.1) is 0 Å². The Morgan fingerprint density at radius 3 is 2.62 bits per heavy atom. The summed E-state index contributed by atoms with van der Waals surface area (Å²) in [5.74, 6) is 2.83. The van der Waals surface area contributed by atoms with Crippen molar-refractivity contribution in [1.29, 1.82) is 0 Å². The maximum atomic E-state index is 5.48. The third-order valence-electron chi connectivity index (χ3n) is 5.01. The molecule has 0 spiro atoms. The number of rotatable bonds is 7. The molecule has 2 aliphatic heterocycles. The number of ether oxygens (including phenoxy) is 3. The lowest BCUT2D eigenvalue weighted by Crippen LogP contribution is -2.45. The fourth-order valence-corrected chi connectivity index (χ4v) is 3.49. The van der Waals surface area contributed by atoms with Gasteiger partial charge in [-0.25, -0.2) is 4.98 Å². The Balaban J connectivity index is 1.27. The lowest BCUT2D eigenvalue weighted by atomic mass is 10.1. The molecule has 7 nitrogen and oxygen atoms in total. The first kappa shape index (κ1) is 17.3. The van der Waals surface area contributed by atoms with Crippen LogP contribution in [-0.2, 0) is 24.4 Å². The first-order chi connectivity index (χ1) is 12.8. The minimum atomic E-state index is 0.331. The van der Waals surface area contributed by atoms with Crippen molar-refractivity contribution in [1.82, 2.24) is 19.4 Å². The highest BCUT2D eigenvalue weighted by molar-refractivity contribution is 5.44. The normalized spacial score (nSPS) is 17.7. The lowest BCUT2D eigenvalue weighted by Gasteiger charge is -2.34. The molecule has 2 aromatic rings. The standard InChI is InChI=1S/C19H26N4O3/c1-24-11-10-23-5-4-20-19(23)14-22-8-6-21(7-9-22)13-16-2-3-17-18(12-16)26-15-25-17/h2-5,12H,6-11,13-15H2,1H3. The van der Waals surface area contributed by atoms with Crippen LogP contribution < -0.4 is 9.47 Å². The van der Waals surface area contributed by atoms with Crippen LogP contribution >= 0.6 is 0 Å². The molecule has 0 bridgehead atoms. The number of piperazine rings is 1. The summed E-state index contributed by atoms with van der Waals surface area (Å²) in [6.45, 7) is 7.99. The molecule has 7 heteroatoms. The molecule has 26 heavy (non-hydrogen) atoms. The molecule has 0 aliphatic carbocycles. The van der Waals surface area contributed by atoms with E-state index in [1.54, 1.807) is 7.11 Å². The van der Waals surface area contributed by atoms with E-state index in [4.69, 9.17) is 14.2 Å². The molecule has 0 saturated carbocycles. The average molecular weight is 358 g/mol. The van der Waals surface area contributed by atoms with Crippen LogP contribution in [0.3, 0.4) is 0 Å². The predicted octanol–water partition coefficient (Wildman–Crippen LogP) is 1.58. The Morgan fingerprint density at radius 1 is 1.04 bits per heavy atom. The number of aromatic nitrogens is 2. The first-order valence-corrected chi connectivity index (χ1v) is 9.14. The summed E-state index contributed by atoms with van der Waals surface area (Å²) in [4.78, 5) is 9.48. The highest BCUT2D eigenvalue weighted by Gasteiger charge is 2.20. The maximum absolute atomic E-state index is 5.48. The van der Waals surface area contributed by atoms with Gasteiger partial charge in [0.15, 0.2) is 11.5 Å². The van der Waals surface area contributed by atoms with Crippen molar-refractivity contribution >= 4 is 0 Å². The Kier molecular flexibility index (Phi) is 5.38. The number of methoxy groups -OCH3 is 1. The molecule has 1 aromatic carbocycles. The van der Waals surface area contributed by atoms with Crippen LogP contribution in [0, 0.1) is 0 Å². The van der Waals surface area contributed by atoms with Gasteiger partial charge in [-0.2, -0.15) is 0 Å². The van der Waals surface area contributed by atoms with Gasteiger partial charge in [0.25, 0.3) is 0 Å². The van der Waals surface area contributed by atoms with Gasteiger partial charge >= 0.3 is 0 Å². The van der Waals surface area contributed by atoms with E-state index >= 15 is 0 Å². The molecule has 4 rings (SSSR count). The molecule has 1 aromatic heterocycles. The van der Waals surface area contributed by atoms with Crippen LogP contribution in [0.4, 0.5) is 0 Å². The Bertz CT molecular complexity index is 725. The zero-order valence-electron chi connectivity index (χ0n) is 15.3. The largest absolute Gasteiger partial charge is 0.454 e. The Morgan fingerprint density at radius 2 is 1.81 bits per heavy atom. The third kappa shape index (κ3) is 4.00. The topological polar surface area (TPSA) is 52.0 Å². The van der Waals surface area contributed by atoms with Crippen molar-refractivity contribution in [2.75, 3.05) is 46.7 Å². The summed E-state index contributed by atoms with van der Waals surface area (Å²) in [5, 5.41) is 0. The molecule has 1 fully saturated rings. The van der Waals surface area contributed by atoms with E-state index in [0.717, 1.165) is 63.1 Å². The highest BCUT2D eigenvalue weighted by atomic mass is 16.7. The van der Waals surface area contributed by atoms with Crippen molar-refractivity contribution in [3.8, 4) is 11.5 Å². The number of nitrogens with zero attached hydrogens (tertiary/aromatic N) is 4. The SMILES string of the molecule is COCCn1ccnc1CN1CCN(Cc2ccc3c(c2)OCO3)CC1. The molecule has 0 N–H and O–H groups in total. The van der Waals surface area contributed by atoms with Crippen LogP contribution in [0.5, 0.6) is 11.5 Å². The third-order valence-corrected chi connectivity index (χ3v) is 5.01. The fraction of sp³-hybridized carbons (Fsp3) is 0.526. The van der Waals surface area contributed by atoms with E-state index in [-0.39, 0.29) is 0 Å². The van der Waals surface area contributed by atoms with Crippen LogP contribution in [0.2, 0.25) is 0 Å². The predicted molar refractivity (Wildman–Crippen MR) is 97.2 cm³/mol. The zero-order valence-corrected chi connectivity index (χ0v) is 15.3.